The standard InChI is InChI=1S/C21H20F3N5O/c22-21(23,24)17-11-16(13-25-14-17)20-26-6-5-19(28-20)27-12-15-1-3-18(4-2-15)29-7-9-30-10-8-29/h1-6,11,13-14H,7-10,12H2,(H,26,27,28). The minimum atomic E-state index is -4.47. The van der Waals surface area contributed by atoms with E-state index in [0.717, 1.165) is 49.8 Å². The third-order valence-electron chi connectivity index (χ3n) is 4.77. The van der Waals surface area contributed by atoms with Crippen LogP contribution in [0.4, 0.5) is 24.7 Å². The van der Waals surface area contributed by atoms with Crippen LogP contribution in [0.1, 0.15) is 11.1 Å². The second kappa shape index (κ2) is 8.66. The number of hydrogen-bond acceptors (Lipinski definition) is 6. The Kier molecular flexibility index (Phi) is 5.80. The van der Waals surface area contributed by atoms with Crippen LogP contribution in [0.15, 0.2) is 55.0 Å². The van der Waals surface area contributed by atoms with Crippen molar-refractivity contribution in [3.05, 3.63) is 66.1 Å². The van der Waals surface area contributed by atoms with E-state index in [2.05, 4.69) is 37.3 Å². The number of benzene rings is 1. The van der Waals surface area contributed by atoms with Gasteiger partial charge in [0.25, 0.3) is 0 Å². The molecule has 4 rings (SSSR count). The van der Waals surface area contributed by atoms with E-state index >= 15 is 0 Å². The molecule has 6 nitrogen and oxygen atoms in total. The molecule has 1 aromatic carbocycles. The molecule has 0 saturated carbocycles. The van der Waals surface area contributed by atoms with Gasteiger partial charge in [0.15, 0.2) is 5.82 Å². The highest BCUT2D eigenvalue weighted by Crippen LogP contribution is 2.30. The molecule has 0 bridgehead atoms. The number of alkyl halides is 3. The summed E-state index contributed by atoms with van der Waals surface area (Å²) in [4.78, 5) is 14.3. The van der Waals surface area contributed by atoms with Gasteiger partial charge < -0.3 is 15.0 Å². The average Bonchev–Trinajstić information content (AvgIpc) is 2.78. The SMILES string of the molecule is FC(F)(F)c1cncc(-c2nccc(NCc3ccc(N4CCOCC4)cc3)n2)c1. The van der Waals surface area contributed by atoms with Crippen LogP contribution in [0, 0.1) is 0 Å². The van der Waals surface area contributed by atoms with Gasteiger partial charge >= 0.3 is 6.18 Å². The van der Waals surface area contributed by atoms with E-state index in [9.17, 15) is 13.2 Å². The molecule has 0 atom stereocenters. The predicted octanol–water partition coefficient (Wildman–Crippen LogP) is 4.01. The fourth-order valence-corrected chi connectivity index (χ4v) is 3.15. The zero-order chi connectivity index (χ0) is 21.0. The summed E-state index contributed by atoms with van der Waals surface area (Å²) in [5.41, 5.74) is 1.60. The topological polar surface area (TPSA) is 63.2 Å². The molecule has 2 aromatic heterocycles. The molecule has 3 heterocycles. The molecule has 0 aliphatic carbocycles. The highest BCUT2D eigenvalue weighted by atomic mass is 19.4. The van der Waals surface area contributed by atoms with E-state index in [1.54, 1.807) is 6.07 Å². The maximum atomic E-state index is 12.9. The smallest absolute Gasteiger partial charge is 0.378 e. The number of nitrogens with zero attached hydrogens (tertiary/aromatic N) is 4. The maximum Gasteiger partial charge on any atom is 0.417 e. The summed E-state index contributed by atoms with van der Waals surface area (Å²) in [5.74, 6) is 0.705. The molecule has 1 saturated heterocycles. The average molecular weight is 415 g/mol. The first-order valence-corrected chi connectivity index (χ1v) is 9.50. The van der Waals surface area contributed by atoms with Gasteiger partial charge in [0.05, 0.1) is 18.8 Å². The van der Waals surface area contributed by atoms with Gasteiger partial charge in [-0.3, -0.25) is 4.98 Å². The molecular weight excluding hydrogens is 395 g/mol. The van der Waals surface area contributed by atoms with Crippen LogP contribution in [0.25, 0.3) is 11.4 Å². The predicted molar refractivity (Wildman–Crippen MR) is 107 cm³/mol. The largest absolute Gasteiger partial charge is 0.417 e. The molecule has 1 aliphatic rings. The third kappa shape index (κ3) is 4.85. The fourth-order valence-electron chi connectivity index (χ4n) is 3.15. The number of aromatic nitrogens is 3. The van der Waals surface area contributed by atoms with Crippen molar-refractivity contribution in [2.45, 2.75) is 12.7 Å². The second-order valence-electron chi connectivity index (χ2n) is 6.84. The van der Waals surface area contributed by atoms with Crippen molar-refractivity contribution >= 4 is 11.5 Å². The van der Waals surface area contributed by atoms with Crippen molar-refractivity contribution < 1.29 is 17.9 Å². The Balaban J connectivity index is 1.42. The van der Waals surface area contributed by atoms with Crippen molar-refractivity contribution in [3.8, 4) is 11.4 Å². The summed E-state index contributed by atoms with van der Waals surface area (Å²) < 4.78 is 44.1. The molecule has 1 fully saturated rings. The lowest BCUT2D eigenvalue weighted by Crippen LogP contribution is -2.36. The number of hydrogen-bond donors (Lipinski definition) is 1. The molecule has 156 valence electrons. The van der Waals surface area contributed by atoms with Gasteiger partial charge in [0.1, 0.15) is 5.82 Å². The number of morpholine rings is 1. The monoisotopic (exact) mass is 415 g/mol. The lowest BCUT2D eigenvalue weighted by Gasteiger charge is -2.28. The van der Waals surface area contributed by atoms with Gasteiger partial charge in [0, 0.05) is 49.5 Å². The van der Waals surface area contributed by atoms with Gasteiger partial charge in [-0.25, -0.2) is 9.97 Å². The molecule has 30 heavy (non-hydrogen) atoms. The number of pyridine rings is 1. The van der Waals surface area contributed by atoms with Crippen LogP contribution in [-0.2, 0) is 17.5 Å². The lowest BCUT2D eigenvalue weighted by atomic mass is 10.2. The summed E-state index contributed by atoms with van der Waals surface area (Å²) in [7, 11) is 0. The van der Waals surface area contributed by atoms with E-state index in [4.69, 9.17) is 4.74 Å². The number of ether oxygens (including phenoxy) is 1. The Labute approximate surface area is 171 Å². The quantitative estimate of drug-likeness (QED) is 0.680. The molecule has 0 spiro atoms. The Hall–Kier alpha value is -3.20. The first-order chi connectivity index (χ1) is 14.5. The van der Waals surface area contributed by atoms with Gasteiger partial charge in [-0.1, -0.05) is 12.1 Å². The molecule has 0 radical (unpaired) electrons. The van der Waals surface area contributed by atoms with E-state index in [-0.39, 0.29) is 11.4 Å². The number of halogens is 3. The fraction of sp³-hybridized carbons (Fsp3) is 0.286. The van der Waals surface area contributed by atoms with Crippen molar-refractivity contribution in [3.63, 3.8) is 0 Å². The third-order valence-corrected chi connectivity index (χ3v) is 4.77. The van der Waals surface area contributed by atoms with Crippen LogP contribution in [-0.4, -0.2) is 41.3 Å². The molecule has 1 aliphatic heterocycles. The van der Waals surface area contributed by atoms with Crippen molar-refractivity contribution in [1.82, 2.24) is 15.0 Å². The van der Waals surface area contributed by atoms with E-state index < -0.39 is 11.7 Å². The maximum absolute atomic E-state index is 12.9. The van der Waals surface area contributed by atoms with E-state index in [0.29, 0.717) is 12.4 Å². The Morgan fingerprint density at radius 1 is 1.03 bits per heavy atom. The minimum absolute atomic E-state index is 0.182. The van der Waals surface area contributed by atoms with Crippen molar-refractivity contribution in [2.24, 2.45) is 0 Å². The zero-order valence-electron chi connectivity index (χ0n) is 16.1. The Bertz CT molecular complexity index is 988. The Morgan fingerprint density at radius 2 is 1.80 bits per heavy atom. The summed E-state index contributed by atoms with van der Waals surface area (Å²) in [6.45, 7) is 3.76. The summed E-state index contributed by atoms with van der Waals surface area (Å²) >= 11 is 0. The molecular formula is C21H20F3N5O. The summed E-state index contributed by atoms with van der Waals surface area (Å²) in [6, 6.07) is 10.9. The highest BCUT2D eigenvalue weighted by Gasteiger charge is 2.31. The van der Waals surface area contributed by atoms with E-state index in [1.807, 2.05) is 12.1 Å². The van der Waals surface area contributed by atoms with Gasteiger partial charge in [-0.05, 0) is 29.8 Å². The Morgan fingerprint density at radius 3 is 2.53 bits per heavy atom. The first kappa shape index (κ1) is 20.1. The van der Waals surface area contributed by atoms with Crippen LogP contribution < -0.4 is 10.2 Å². The van der Waals surface area contributed by atoms with Crippen molar-refractivity contribution in [1.29, 1.82) is 0 Å². The van der Waals surface area contributed by atoms with Crippen LogP contribution in [0.2, 0.25) is 0 Å². The molecule has 0 unspecified atom stereocenters. The number of nitrogens with one attached hydrogen (secondary N) is 1. The molecule has 1 N–H and O–H groups in total. The molecule has 9 heteroatoms. The minimum Gasteiger partial charge on any atom is -0.378 e. The van der Waals surface area contributed by atoms with Crippen LogP contribution >= 0.6 is 0 Å². The summed E-state index contributed by atoms with van der Waals surface area (Å²) in [6.07, 6.45) is -0.858. The van der Waals surface area contributed by atoms with Crippen LogP contribution in [0.3, 0.4) is 0 Å². The zero-order valence-corrected chi connectivity index (χ0v) is 16.1. The first-order valence-electron chi connectivity index (χ1n) is 9.50. The van der Waals surface area contributed by atoms with E-state index in [1.165, 1.54) is 12.4 Å². The van der Waals surface area contributed by atoms with Crippen LogP contribution in [0.5, 0.6) is 0 Å². The molecule has 3 aromatic rings. The van der Waals surface area contributed by atoms with Crippen molar-refractivity contribution in [2.75, 3.05) is 36.5 Å². The van der Waals surface area contributed by atoms with Gasteiger partial charge in [0.2, 0.25) is 0 Å². The number of anilines is 2. The normalized spacial score (nSPS) is 14.6. The van der Waals surface area contributed by atoms with Gasteiger partial charge in [-0.15, -0.1) is 0 Å². The molecule has 0 amide bonds. The van der Waals surface area contributed by atoms with Gasteiger partial charge in [-0.2, -0.15) is 13.2 Å². The second-order valence-corrected chi connectivity index (χ2v) is 6.84. The summed E-state index contributed by atoms with van der Waals surface area (Å²) in [5, 5.41) is 3.19. The highest BCUT2D eigenvalue weighted by molar-refractivity contribution is 5.57. The number of rotatable bonds is 5. The lowest BCUT2D eigenvalue weighted by molar-refractivity contribution is -0.137.